The van der Waals surface area contributed by atoms with Crippen LogP contribution in [0.15, 0.2) is 0 Å². The van der Waals surface area contributed by atoms with Gasteiger partial charge in [-0.2, -0.15) is 0 Å². The summed E-state index contributed by atoms with van der Waals surface area (Å²) >= 11 is 0. The summed E-state index contributed by atoms with van der Waals surface area (Å²) in [7, 11) is 2.27. The van der Waals surface area contributed by atoms with Crippen molar-refractivity contribution < 1.29 is 5.11 Å². The van der Waals surface area contributed by atoms with Crippen LogP contribution in [0.5, 0.6) is 0 Å². The minimum Gasteiger partial charge on any atom is -0.390 e. The number of aliphatic hydroxyl groups is 1. The Hall–Kier alpha value is -0.160. The minimum atomic E-state index is -0.201. The first-order valence-corrected chi connectivity index (χ1v) is 7.58. The molecular weight excluding hydrogens is 226 g/mol. The van der Waals surface area contributed by atoms with Crippen LogP contribution in [0.3, 0.4) is 0 Å². The molecule has 2 saturated heterocycles. The lowest BCUT2D eigenvalue weighted by atomic mass is 10.1. The number of likely N-dealkylation sites (N-methyl/N-ethyl adjacent to an activating group) is 1. The Morgan fingerprint density at radius 3 is 2.72 bits per heavy atom. The van der Waals surface area contributed by atoms with Gasteiger partial charge in [0, 0.05) is 37.8 Å². The summed E-state index contributed by atoms with van der Waals surface area (Å²) in [4.78, 5) is 5.04. The van der Waals surface area contributed by atoms with Crippen molar-refractivity contribution in [3.8, 4) is 0 Å². The molecule has 0 amide bonds. The lowest BCUT2D eigenvalue weighted by Crippen LogP contribution is -2.42. The Labute approximate surface area is 110 Å². The normalized spacial score (nSPS) is 35.7. The van der Waals surface area contributed by atoms with Gasteiger partial charge in [-0.15, -0.1) is 0 Å². The number of likely N-dealkylation sites (tertiary alicyclic amines) is 1. The number of aliphatic hydroxyl groups excluding tert-OH is 1. The summed E-state index contributed by atoms with van der Waals surface area (Å²) in [5, 5.41) is 13.5. The van der Waals surface area contributed by atoms with Crippen molar-refractivity contribution in [2.75, 3.05) is 33.2 Å². The molecule has 0 aromatic rings. The summed E-state index contributed by atoms with van der Waals surface area (Å²) in [6.07, 6.45) is 6.38. The fraction of sp³-hybridized carbons (Fsp3) is 1.00. The molecule has 3 unspecified atom stereocenters. The maximum absolute atomic E-state index is 10.1. The van der Waals surface area contributed by atoms with E-state index in [1.54, 1.807) is 0 Å². The molecule has 2 N–H and O–H groups in total. The van der Waals surface area contributed by atoms with E-state index in [1.807, 2.05) is 0 Å². The average molecular weight is 253 g/mol. The van der Waals surface area contributed by atoms with Crippen LogP contribution in [-0.4, -0.2) is 72.4 Å². The first-order chi connectivity index (χ1) is 8.72. The van der Waals surface area contributed by atoms with Crippen LogP contribution in [0, 0.1) is 0 Å². The highest BCUT2D eigenvalue weighted by atomic mass is 16.3. The second kappa shape index (κ2) is 5.45. The van der Waals surface area contributed by atoms with Gasteiger partial charge in [-0.25, -0.2) is 0 Å². The first-order valence-electron chi connectivity index (χ1n) is 7.58. The molecule has 4 nitrogen and oxygen atoms in total. The standard InChI is InChI=1S/C14H27N3O/c1-16-12-4-5-13(16)9-17(7-6-12)10-14(18)8-15-11-2-3-11/h11-15,18H,2-10H2,1H3. The predicted molar refractivity (Wildman–Crippen MR) is 72.7 cm³/mol. The lowest BCUT2D eigenvalue weighted by Gasteiger charge is -2.27. The Balaban J connectivity index is 1.44. The van der Waals surface area contributed by atoms with Gasteiger partial charge in [0.25, 0.3) is 0 Å². The zero-order valence-corrected chi connectivity index (χ0v) is 11.5. The van der Waals surface area contributed by atoms with E-state index in [4.69, 9.17) is 0 Å². The molecule has 3 aliphatic rings. The Morgan fingerprint density at radius 1 is 1.17 bits per heavy atom. The van der Waals surface area contributed by atoms with E-state index in [0.29, 0.717) is 6.04 Å². The Bertz CT molecular complexity index is 282. The molecule has 3 rings (SSSR count). The third kappa shape index (κ3) is 3.05. The van der Waals surface area contributed by atoms with E-state index in [2.05, 4.69) is 22.2 Å². The van der Waals surface area contributed by atoms with Crippen molar-refractivity contribution >= 4 is 0 Å². The molecule has 2 heterocycles. The molecule has 3 fully saturated rings. The minimum absolute atomic E-state index is 0.201. The van der Waals surface area contributed by atoms with Crippen LogP contribution in [0.25, 0.3) is 0 Å². The molecule has 2 bridgehead atoms. The SMILES string of the molecule is CN1C2CCC1CN(CC(O)CNC1CC1)CC2. The maximum Gasteiger partial charge on any atom is 0.0791 e. The van der Waals surface area contributed by atoms with E-state index < -0.39 is 0 Å². The number of hydrogen-bond acceptors (Lipinski definition) is 4. The second-order valence-corrected chi connectivity index (χ2v) is 6.44. The number of nitrogens with zero attached hydrogens (tertiary/aromatic N) is 2. The third-order valence-corrected chi connectivity index (χ3v) is 4.92. The average Bonchev–Trinajstić information content (AvgIpc) is 3.09. The van der Waals surface area contributed by atoms with Crippen LogP contribution in [-0.2, 0) is 0 Å². The van der Waals surface area contributed by atoms with Gasteiger partial charge >= 0.3 is 0 Å². The van der Waals surface area contributed by atoms with Crippen LogP contribution >= 0.6 is 0 Å². The van der Waals surface area contributed by atoms with Gasteiger partial charge in [0.15, 0.2) is 0 Å². The van der Waals surface area contributed by atoms with Gasteiger partial charge in [0.2, 0.25) is 0 Å². The van der Waals surface area contributed by atoms with Crippen molar-refractivity contribution in [2.24, 2.45) is 0 Å². The van der Waals surface area contributed by atoms with Crippen molar-refractivity contribution in [1.82, 2.24) is 15.1 Å². The van der Waals surface area contributed by atoms with Gasteiger partial charge < -0.3 is 10.4 Å². The first kappa shape index (κ1) is 12.9. The zero-order valence-electron chi connectivity index (χ0n) is 11.5. The molecule has 3 atom stereocenters. The number of hydrogen-bond donors (Lipinski definition) is 2. The zero-order chi connectivity index (χ0) is 12.5. The molecule has 0 spiro atoms. The van der Waals surface area contributed by atoms with Crippen molar-refractivity contribution in [2.45, 2.75) is 56.3 Å². The number of rotatable bonds is 5. The lowest BCUT2D eigenvalue weighted by molar-refractivity contribution is 0.105. The van der Waals surface area contributed by atoms with Crippen LogP contribution in [0.2, 0.25) is 0 Å². The summed E-state index contributed by atoms with van der Waals surface area (Å²) in [5.74, 6) is 0. The van der Waals surface area contributed by atoms with E-state index in [9.17, 15) is 5.11 Å². The van der Waals surface area contributed by atoms with E-state index in [0.717, 1.165) is 38.3 Å². The van der Waals surface area contributed by atoms with Gasteiger partial charge in [0.05, 0.1) is 6.10 Å². The van der Waals surface area contributed by atoms with E-state index in [1.165, 1.54) is 32.1 Å². The fourth-order valence-corrected chi connectivity index (χ4v) is 3.50. The molecule has 4 heteroatoms. The summed E-state index contributed by atoms with van der Waals surface area (Å²) in [5.41, 5.74) is 0. The highest BCUT2D eigenvalue weighted by Gasteiger charge is 2.34. The van der Waals surface area contributed by atoms with Gasteiger partial charge in [-0.1, -0.05) is 0 Å². The molecule has 1 saturated carbocycles. The van der Waals surface area contributed by atoms with Crippen LogP contribution < -0.4 is 5.32 Å². The Kier molecular flexibility index (Phi) is 3.89. The van der Waals surface area contributed by atoms with Crippen molar-refractivity contribution in [3.63, 3.8) is 0 Å². The predicted octanol–water partition coefficient (Wildman–Crippen LogP) is 0.268. The molecule has 18 heavy (non-hydrogen) atoms. The summed E-state index contributed by atoms with van der Waals surface area (Å²) in [6, 6.07) is 2.22. The number of β-amino-alcohol motifs (C(OH)–C–C–N with tert-alkyl or cyclic N) is 1. The highest BCUT2D eigenvalue weighted by molar-refractivity contribution is 4.91. The molecule has 1 aliphatic carbocycles. The molecule has 0 aromatic carbocycles. The van der Waals surface area contributed by atoms with Gasteiger partial charge in [-0.3, -0.25) is 9.80 Å². The summed E-state index contributed by atoms with van der Waals surface area (Å²) < 4.78 is 0. The van der Waals surface area contributed by atoms with Gasteiger partial charge in [-0.05, 0) is 45.7 Å². The molecule has 104 valence electrons. The number of fused-ring (bicyclic) bond motifs is 2. The van der Waals surface area contributed by atoms with Crippen molar-refractivity contribution in [3.05, 3.63) is 0 Å². The van der Waals surface area contributed by atoms with Crippen LogP contribution in [0.4, 0.5) is 0 Å². The summed E-state index contributed by atoms with van der Waals surface area (Å²) in [6.45, 7) is 3.92. The molecular formula is C14H27N3O. The largest absolute Gasteiger partial charge is 0.390 e. The van der Waals surface area contributed by atoms with Gasteiger partial charge in [0.1, 0.15) is 0 Å². The molecule has 0 radical (unpaired) electrons. The highest BCUT2D eigenvalue weighted by Crippen LogP contribution is 2.28. The third-order valence-electron chi connectivity index (χ3n) is 4.92. The topological polar surface area (TPSA) is 38.7 Å². The molecule has 2 aliphatic heterocycles. The maximum atomic E-state index is 10.1. The van der Waals surface area contributed by atoms with Crippen molar-refractivity contribution in [1.29, 1.82) is 0 Å². The monoisotopic (exact) mass is 253 g/mol. The van der Waals surface area contributed by atoms with Crippen LogP contribution in [0.1, 0.15) is 32.1 Å². The smallest absolute Gasteiger partial charge is 0.0791 e. The second-order valence-electron chi connectivity index (χ2n) is 6.44. The Morgan fingerprint density at radius 2 is 1.94 bits per heavy atom. The van der Waals surface area contributed by atoms with E-state index in [-0.39, 0.29) is 6.10 Å². The molecule has 0 aromatic heterocycles. The number of nitrogens with one attached hydrogen (secondary N) is 1. The quantitative estimate of drug-likeness (QED) is 0.738. The fourth-order valence-electron chi connectivity index (χ4n) is 3.50. The van der Waals surface area contributed by atoms with E-state index >= 15 is 0 Å².